The standard InChI is InChI=1S/C17H24FNO4/c1-11(2)14(19-16(21)23-17(3,4)5)15(20)22-10-12-6-8-13(18)9-7-12/h6-9,11,14H,10H2,1-5H3,(H,19,21)/t14-/m0/s1. The van der Waals surface area contributed by atoms with Crippen LogP contribution in [0, 0.1) is 11.7 Å². The van der Waals surface area contributed by atoms with Crippen molar-refractivity contribution in [3.05, 3.63) is 35.6 Å². The minimum absolute atomic E-state index is 0.0122. The summed E-state index contributed by atoms with van der Waals surface area (Å²) in [5, 5.41) is 2.52. The highest BCUT2D eigenvalue weighted by Crippen LogP contribution is 2.11. The summed E-state index contributed by atoms with van der Waals surface area (Å²) in [5.74, 6) is -1.08. The first-order chi connectivity index (χ1) is 10.6. The van der Waals surface area contributed by atoms with Crippen molar-refractivity contribution < 1.29 is 23.5 Å². The number of rotatable bonds is 5. The van der Waals surface area contributed by atoms with E-state index in [9.17, 15) is 14.0 Å². The number of alkyl carbamates (subject to hydrolysis) is 1. The van der Waals surface area contributed by atoms with E-state index in [1.807, 2.05) is 0 Å². The van der Waals surface area contributed by atoms with Crippen LogP contribution >= 0.6 is 0 Å². The van der Waals surface area contributed by atoms with E-state index in [0.717, 1.165) is 0 Å². The van der Waals surface area contributed by atoms with Crippen LogP contribution in [0.1, 0.15) is 40.2 Å². The molecule has 0 bridgehead atoms. The van der Waals surface area contributed by atoms with E-state index >= 15 is 0 Å². The molecule has 0 fully saturated rings. The molecule has 1 aromatic rings. The van der Waals surface area contributed by atoms with Crippen molar-refractivity contribution in [3.8, 4) is 0 Å². The van der Waals surface area contributed by atoms with Crippen molar-refractivity contribution in [1.82, 2.24) is 5.32 Å². The van der Waals surface area contributed by atoms with E-state index in [1.165, 1.54) is 24.3 Å². The highest BCUT2D eigenvalue weighted by Gasteiger charge is 2.28. The molecule has 0 spiro atoms. The molecule has 0 aromatic heterocycles. The second-order valence-electron chi connectivity index (χ2n) is 6.60. The Labute approximate surface area is 136 Å². The topological polar surface area (TPSA) is 64.6 Å². The molecule has 0 radical (unpaired) electrons. The van der Waals surface area contributed by atoms with Gasteiger partial charge in [0.05, 0.1) is 0 Å². The van der Waals surface area contributed by atoms with Crippen molar-refractivity contribution in [2.24, 2.45) is 5.92 Å². The van der Waals surface area contributed by atoms with Crippen LogP contribution in [-0.2, 0) is 20.9 Å². The lowest BCUT2D eigenvalue weighted by atomic mass is 10.1. The maximum Gasteiger partial charge on any atom is 0.408 e. The second kappa shape index (κ2) is 7.94. The lowest BCUT2D eigenvalue weighted by Gasteiger charge is -2.24. The number of halogens is 1. The molecule has 1 atom stereocenters. The van der Waals surface area contributed by atoms with Gasteiger partial charge in [-0.2, -0.15) is 0 Å². The van der Waals surface area contributed by atoms with Crippen molar-refractivity contribution >= 4 is 12.1 Å². The number of hydrogen-bond acceptors (Lipinski definition) is 4. The van der Waals surface area contributed by atoms with Crippen LogP contribution in [0.15, 0.2) is 24.3 Å². The SMILES string of the molecule is CC(C)[C@H](NC(=O)OC(C)(C)C)C(=O)OCc1ccc(F)cc1. The van der Waals surface area contributed by atoms with Crippen molar-refractivity contribution in [2.75, 3.05) is 0 Å². The Morgan fingerprint density at radius 3 is 2.22 bits per heavy atom. The predicted octanol–water partition coefficient (Wildman–Crippen LogP) is 3.42. The molecule has 128 valence electrons. The van der Waals surface area contributed by atoms with Gasteiger partial charge in [-0.15, -0.1) is 0 Å². The van der Waals surface area contributed by atoms with Gasteiger partial charge in [-0.3, -0.25) is 0 Å². The van der Waals surface area contributed by atoms with Crippen LogP contribution in [0.3, 0.4) is 0 Å². The summed E-state index contributed by atoms with van der Waals surface area (Å²) in [7, 11) is 0. The van der Waals surface area contributed by atoms with Crippen molar-refractivity contribution in [2.45, 2.75) is 52.9 Å². The number of benzene rings is 1. The van der Waals surface area contributed by atoms with Crippen LogP contribution in [0.25, 0.3) is 0 Å². The molecule has 6 heteroatoms. The molecule has 0 aliphatic carbocycles. The molecule has 0 saturated heterocycles. The van der Waals surface area contributed by atoms with Gasteiger partial charge in [-0.25, -0.2) is 14.0 Å². The Balaban J connectivity index is 2.60. The van der Waals surface area contributed by atoms with E-state index in [-0.39, 0.29) is 18.3 Å². The monoisotopic (exact) mass is 325 g/mol. The van der Waals surface area contributed by atoms with Crippen LogP contribution in [0.5, 0.6) is 0 Å². The summed E-state index contributed by atoms with van der Waals surface area (Å²) in [6.07, 6.45) is -0.671. The molecule has 1 N–H and O–H groups in total. The van der Waals surface area contributed by atoms with Gasteiger partial charge in [0.2, 0.25) is 0 Å². The molecule has 0 aliphatic heterocycles. The van der Waals surface area contributed by atoms with E-state index in [2.05, 4.69) is 5.32 Å². The van der Waals surface area contributed by atoms with Gasteiger partial charge in [0, 0.05) is 0 Å². The van der Waals surface area contributed by atoms with E-state index in [4.69, 9.17) is 9.47 Å². The van der Waals surface area contributed by atoms with Crippen LogP contribution < -0.4 is 5.32 Å². The molecule has 5 nitrogen and oxygen atoms in total. The third-order valence-electron chi connectivity index (χ3n) is 2.89. The Morgan fingerprint density at radius 1 is 1.17 bits per heavy atom. The molecule has 0 heterocycles. The maximum atomic E-state index is 12.8. The number of ether oxygens (including phenoxy) is 2. The van der Waals surface area contributed by atoms with Crippen LogP contribution in [-0.4, -0.2) is 23.7 Å². The normalized spacial score (nSPS) is 12.7. The minimum atomic E-state index is -0.815. The van der Waals surface area contributed by atoms with E-state index in [1.54, 1.807) is 34.6 Å². The minimum Gasteiger partial charge on any atom is -0.459 e. The number of carbonyl (C=O) groups excluding carboxylic acids is 2. The first-order valence-electron chi connectivity index (χ1n) is 7.49. The Kier molecular flexibility index (Phi) is 6.54. The molecule has 1 rings (SSSR count). The third-order valence-corrected chi connectivity index (χ3v) is 2.89. The van der Waals surface area contributed by atoms with Crippen molar-refractivity contribution in [1.29, 1.82) is 0 Å². The summed E-state index contributed by atoms with van der Waals surface area (Å²) in [4.78, 5) is 24.0. The number of esters is 1. The second-order valence-corrected chi connectivity index (χ2v) is 6.60. The number of hydrogen-bond donors (Lipinski definition) is 1. The average Bonchev–Trinajstić information content (AvgIpc) is 2.41. The lowest BCUT2D eigenvalue weighted by Crippen LogP contribution is -2.47. The van der Waals surface area contributed by atoms with Gasteiger partial charge in [-0.1, -0.05) is 26.0 Å². The van der Waals surface area contributed by atoms with Gasteiger partial charge in [0.1, 0.15) is 24.1 Å². The zero-order valence-electron chi connectivity index (χ0n) is 14.2. The summed E-state index contributed by atoms with van der Waals surface area (Å²) < 4.78 is 23.2. The summed E-state index contributed by atoms with van der Waals surface area (Å²) in [6.45, 7) is 8.82. The lowest BCUT2D eigenvalue weighted by molar-refractivity contribution is -0.148. The highest BCUT2D eigenvalue weighted by molar-refractivity contribution is 5.81. The summed E-state index contributed by atoms with van der Waals surface area (Å²) in [6, 6.07) is 4.84. The van der Waals surface area contributed by atoms with Gasteiger partial charge < -0.3 is 14.8 Å². The van der Waals surface area contributed by atoms with Gasteiger partial charge in [0.15, 0.2) is 0 Å². The number of amides is 1. The fourth-order valence-corrected chi connectivity index (χ4v) is 1.76. The van der Waals surface area contributed by atoms with Crippen LogP contribution in [0.2, 0.25) is 0 Å². The van der Waals surface area contributed by atoms with Gasteiger partial charge >= 0.3 is 12.1 Å². The van der Waals surface area contributed by atoms with E-state index < -0.39 is 23.7 Å². The molecule has 1 amide bonds. The number of nitrogens with one attached hydrogen (secondary N) is 1. The first-order valence-corrected chi connectivity index (χ1v) is 7.49. The quantitative estimate of drug-likeness (QED) is 0.843. The van der Waals surface area contributed by atoms with E-state index in [0.29, 0.717) is 5.56 Å². The smallest absolute Gasteiger partial charge is 0.408 e. The van der Waals surface area contributed by atoms with Gasteiger partial charge in [-0.05, 0) is 44.4 Å². The fraction of sp³-hybridized carbons (Fsp3) is 0.529. The summed E-state index contributed by atoms with van der Waals surface area (Å²) >= 11 is 0. The molecular formula is C17H24FNO4. The number of carbonyl (C=O) groups is 2. The Bertz CT molecular complexity index is 535. The molecular weight excluding hydrogens is 301 g/mol. The molecule has 0 unspecified atom stereocenters. The highest BCUT2D eigenvalue weighted by atomic mass is 19.1. The Morgan fingerprint density at radius 2 is 1.74 bits per heavy atom. The molecule has 0 aliphatic rings. The predicted molar refractivity (Wildman–Crippen MR) is 84.2 cm³/mol. The fourth-order valence-electron chi connectivity index (χ4n) is 1.76. The maximum absolute atomic E-state index is 12.8. The summed E-state index contributed by atoms with van der Waals surface area (Å²) in [5.41, 5.74) is 0.0170. The average molecular weight is 325 g/mol. The first kappa shape index (κ1) is 18.9. The zero-order valence-corrected chi connectivity index (χ0v) is 14.2. The van der Waals surface area contributed by atoms with Crippen LogP contribution in [0.4, 0.5) is 9.18 Å². The molecule has 0 saturated carbocycles. The zero-order chi connectivity index (χ0) is 17.6. The third kappa shape index (κ3) is 7.13. The largest absolute Gasteiger partial charge is 0.459 e. The van der Waals surface area contributed by atoms with Gasteiger partial charge in [0.25, 0.3) is 0 Å². The molecule has 23 heavy (non-hydrogen) atoms. The Hall–Kier alpha value is -2.11. The molecule has 1 aromatic carbocycles. The van der Waals surface area contributed by atoms with Crippen molar-refractivity contribution in [3.63, 3.8) is 0 Å².